The first-order chi connectivity index (χ1) is 8.92. The van der Waals surface area contributed by atoms with E-state index in [4.69, 9.17) is 4.52 Å². The molecule has 2 fully saturated rings. The van der Waals surface area contributed by atoms with Gasteiger partial charge < -0.3 is 9.84 Å². The van der Waals surface area contributed by atoms with Crippen LogP contribution in [0.25, 0.3) is 0 Å². The van der Waals surface area contributed by atoms with Crippen molar-refractivity contribution in [3.05, 3.63) is 11.7 Å². The molecule has 1 aliphatic carbocycles. The predicted octanol–water partition coefficient (Wildman–Crippen LogP) is 2.66. The van der Waals surface area contributed by atoms with Crippen molar-refractivity contribution in [3.8, 4) is 0 Å². The van der Waals surface area contributed by atoms with E-state index in [2.05, 4.69) is 15.5 Å². The van der Waals surface area contributed by atoms with Gasteiger partial charge in [-0.3, -0.25) is 0 Å². The zero-order valence-electron chi connectivity index (χ0n) is 11.0. The van der Waals surface area contributed by atoms with Gasteiger partial charge in [-0.15, -0.1) is 0 Å². The quantitative estimate of drug-likeness (QED) is 0.891. The second kappa shape index (κ2) is 5.83. The minimum absolute atomic E-state index is 0.560. The smallest absolute Gasteiger partial charge is 0.226 e. The van der Waals surface area contributed by atoms with Gasteiger partial charge in [0.1, 0.15) is 0 Å². The first-order valence-corrected chi connectivity index (χ1v) is 7.45. The topological polar surface area (TPSA) is 51.0 Å². The van der Waals surface area contributed by atoms with Crippen molar-refractivity contribution in [1.29, 1.82) is 0 Å². The number of hydrogen-bond donors (Lipinski definition) is 1. The third-order valence-corrected chi connectivity index (χ3v) is 4.38. The van der Waals surface area contributed by atoms with Gasteiger partial charge in [0.25, 0.3) is 0 Å². The van der Waals surface area contributed by atoms with Gasteiger partial charge >= 0.3 is 0 Å². The van der Waals surface area contributed by atoms with E-state index in [0.717, 1.165) is 30.6 Å². The Morgan fingerprint density at radius 2 is 2.06 bits per heavy atom. The summed E-state index contributed by atoms with van der Waals surface area (Å²) in [6, 6.07) is 0. The molecule has 0 radical (unpaired) electrons. The SMILES string of the molecule is C1CCC(c2noc(CCC3CCNC3)n2)CC1. The van der Waals surface area contributed by atoms with Crippen LogP contribution in [0.3, 0.4) is 0 Å². The summed E-state index contributed by atoms with van der Waals surface area (Å²) in [4.78, 5) is 4.60. The Hall–Kier alpha value is -0.900. The normalized spacial score (nSPS) is 25.7. The minimum Gasteiger partial charge on any atom is -0.339 e. The second-order valence-electron chi connectivity index (χ2n) is 5.78. The number of nitrogens with zero attached hydrogens (tertiary/aromatic N) is 2. The average Bonchev–Trinajstić information content (AvgIpc) is 3.09. The second-order valence-corrected chi connectivity index (χ2v) is 5.78. The Balaban J connectivity index is 1.52. The van der Waals surface area contributed by atoms with Crippen molar-refractivity contribution in [2.75, 3.05) is 13.1 Å². The molecule has 1 saturated carbocycles. The molecule has 0 spiro atoms. The van der Waals surface area contributed by atoms with E-state index in [1.165, 1.54) is 51.5 Å². The van der Waals surface area contributed by atoms with Gasteiger partial charge in [0.2, 0.25) is 5.89 Å². The van der Waals surface area contributed by atoms with Crippen molar-refractivity contribution in [3.63, 3.8) is 0 Å². The maximum atomic E-state index is 5.40. The molecule has 2 aliphatic rings. The molecule has 4 nitrogen and oxygen atoms in total. The number of aromatic nitrogens is 2. The van der Waals surface area contributed by atoms with Crippen LogP contribution in [0, 0.1) is 5.92 Å². The molecule has 100 valence electrons. The first-order valence-electron chi connectivity index (χ1n) is 7.45. The Morgan fingerprint density at radius 1 is 1.17 bits per heavy atom. The summed E-state index contributed by atoms with van der Waals surface area (Å²) in [7, 11) is 0. The Morgan fingerprint density at radius 3 is 2.83 bits per heavy atom. The molecule has 18 heavy (non-hydrogen) atoms. The van der Waals surface area contributed by atoms with Crippen LogP contribution >= 0.6 is 0 Å². The molecular formula is C14H23N3O. The summed E-state index contributed by atoms with van der Waals surface area (Å²) < 4.78 is 5.40. The zero-order valence-corrected chi connectivity index (χ0v) is 11.0. The maximum Gasteiger partial charge on any atom is 0.226 e. The minimum atomic E-state index is 0.560. The Kier molecular flexibility index (Phi) is 3.93. The van der Waals surface area contributed by atoms with Gasteiger partial charge in [-0.2, -0.15) is 4.98 Å². The van der Waals surface area contributed by atoms with E-state index in [1.807, 2.05) is 0 Å². The number of hydrogen-bond acceptors (Lipinski definition) is 4. The lowest BCUT2D eigenvalue weighted by atomic mass is 9.89. The molecule has 2 heterocycles. The molecule has 1 saturated heterocycles. The van der Waals surface area contributed by atoms with E-state index in [9.17, 15) is 0 Å². The van der Waals surface area contributed by atoms with Crippen LogP contribution in [0.15, 0.2) is 4.52 Å². The average molecular weight is 249 g/mol. The molecule has 1 aliphatic heterocycles. The fourth-order valence-electron chi connectivity index (χ4n) is 3.18. The summed E-state index contributed by atoms with van der Waals surface area (Å²) in [5.74, 6) is 3.18. The van der Waals surface area contributed by atoms with Gasteiger partial charge in [0.05, 0.1) is 0 Å². The van der Waals surface area contributed by atoms with Gasteiger partial charge in [0, 0.05) is 12.3 Å². The molecular weight excluding hydrogens is 226 g/mol. The third kappa shape index (κ3) is 2.91. The fraction of sp³-hybridized carbons (Fsp3) is 0.857. The molecule has 3 rings (SSSR count). The van der Waals surface area contributed by atoms with Crippen molar-refractivity contribution in [1.82, 2.24) is 15.5 Å². The summed E-state index contributed by atoms with van der Waals surface area (Å²) in [5, 5.41) is 7.58. The van der Waals surface area contributed by atoms with Crippen LogP contribution in [0.1, 0.15) is 62.6 Å². The molecule has 1 atom stereocenters. The highest BCUT2D eigenvalue weighted by Crippen LogP contribution is 2.30. The summed E-state index contributed by atoms with van der Waals surface area (Å²) in [6.07, 6.45) is 9.92. The van der Waals surface area contributed by atoms with Gasteiger partial charge in [0.15, 0.2) is 5.82 Å². The van der Waals surface area contributed by atoms with Crippen molar-refractivity contribution in [2.24, 2.45) is 5.92 Å². The molecule has 4 heteroatoms. The summed E-state index contributed by atoms with van der Waals surface area (Å²) in [6.45, 7) is 2.32. The molecule has 1 N–H and O–H groups in total. The summed E-state index contributed by atoms with van der Waals surface area (Å²) in [5.41, 5.74) is 0. The largest absolute Gasteiger partial charge is 0.339 e. The highest BCUT2D eigenvalue weighted by molar-refractivity contribution is 4.97. The lowest BCUT2D eigenvalue weighted by Crippen LogP contribution is -2.09. The lowest BCUT2D eigenvalue weighted by molar-refractivity contribution is 0.349. The predicted molar refractivity (Wildman–Crippen MR) is 69.4 cm³/mol. The molecule has 0 aromatic carbocycles. The molecule has 1 aromatic rings. The van der Waals surface area contributed by atoms with Crippen molar-refractivity contribution >= 4 is 0 Å². The highest BCUT2D eigenvalue weighted by Gasteiger charge is 2.21. The monoisotopic (exact) mass is 249 g/mol. The van der Waals surface area contributed by atoms with Crippen LogP contribution in [0.4, 0.5) is 0 Å². The number of rotatable bonds is 4. The molecule has 0 amide bonds. The van der Waals surface area contributed by atoms with Crippen molar-refractivity contribution < 1.29 is 4.52 Å². The van der Waals surface area contributed by atoms with Gasteiger partial charge in [-0.1, -0.05) is 24.4 Å². The van der Waals surface area contributed by atoms with E-state index in [-0.39, 0.29) is 0 Å². The maximum absolute atomic E-state index is 5.40. The lowest BCUT2D eigenvalue weighted by Gasteiger charge is -2.17. The molecule has 1 aromatic heterocycles. The van der Waals surface area contributed by atoms with Crippen LogP contribution in [-0.2, 0) is 6.42 Å². The third-order valence-electron chi connectivity index (χ3n) is 4.38. The van der Waals surface area contributed by atoms with Crippen LogP contribution < -0.4 is 5.32 Å². The summed E-state index contributed by atoms with van der Waals surface area (Å²) >= 11 is 0. The number of nitrogens with one attached hydrogen (secondary N) is 1. The van der Waals surface area contributed by atoms with E-state index in [0.29, 0.717) is 5.92 Å². The van der Waals surface area contributed by atoms with E-state index < -0.39 is 0 Å². The van der Waals surface area contributed by atoms with Gasteiger partial charge in [-0.05, 0) is 44.7 Å². The van der Waals surface area contributed by atoms with E-state index in [1.54, 1.807) is 0 Å². The Bertz CT molecular complexity index is 365. The zero-order chi connectivity index (χ0) is 12.2. The van der Waals surface area contributed by atoms with Crippen molar-refractivity contribution in [2.45, 2.75) is 57.3 Å². The van der Waals surface area contributed by atoms with Gasteiger partial charge in [-0.25, -0.2) is 0 Å². The highest BCUT2D eigenvalue weighted by atomic mass is 16.5. The van der Waals surface area contributed by atoms with Crippen LogP contribution in [0.2, 0.25) is 0 Å². The first kappa shape index (κ1) is 12.2. The molecule has 1 unspecified atom stereocenters. The molecule has 0 bridgehead atoms. The number of aryl methyl sites for hydroxylation is 1. The fourth-order valence-corrected chi connectivity index (χ4v) is 3.18. The Labute approximate surface area is 109 Å². The standard InChI is InChI=1S/C14H23N3O/c1-2-4-12(5-3-1)14-16-13(18-17-14)7-6-11-8-9-15-10-11/h11-12,15H,1-10H2. The van der Waals surface area contributed by atoms with Crippen LogP contribution in [-0.4, -0.2) is 23.2 Å². The van der Waals surface area contributed by atoms with Crippen LogP contribution in [0.5, 0.6) is 0 Å². The van der Waals surface area contributed by atoms with E-state index >= 15 is 0 Å².